The van der Waals surface area contributed by atoms with Crippen LogP contribution in [0.5, 0.6) is 5.75 Å². The molecule has 0 unspecified atom stereocenters. The second-order valence-corrected chi connectivity index (χ2v) is 6.71. The summed E-state index contributed by atoms with van der Waals surface area (Å²) >= 11 is -3.16. The fraction of sp³-hybridized carbons (Fsp3) is 0.273. The molecule has 1 aromatic carbocycles. The predicted molar refractivity (Wildman–Crippen MR) is 75.9 cm³/mol. The minimum absolute atomic E-state index is 0.206. The Balaban J connectivity index is 3.27. The third kappa shape index (κ3) is 4.33. The van der Waals surface area contributed by atoms with Crippen molar-refractivity contribution in [1.82, 2.24) is 0 Å². The second kappa shape index (κ2) is 7.03. The van der Waals surface area contributed by atoms with Gasteiger partial charge in [0, 0.05) is 0 Å². The molecule has 0 atom stereocenters. The van der Waals surface area contributed by atoms with Crippen molar-refractivity contribution in [3.05, 3.63) is 31.9 Å². The van der Waals surface area contributed by atoms with Crippen LogP contribution in [-0.4, -0.2) is 24.0 Å². The van der Waals surface area contributed by atoms with Crippen LogP contribution in [0.15, 0.2) is 18.2 Å². The molecule has 0 saturated carbocycles. The second-order valence-electron chi connectivity index (χ2n) is 3.43. The molecule has 110 valence electrons. The number of nitrogens with zero attached hydrogens (tertiary/aromatic N) is 1. The van der Waals surface area contributed by atoms with Crippen molar-refractivity contribution in [1.29, 1.82) is 0 Å². The molecule has 9 heteroatoms. The zero-order valence-corrected chi connectivity index (χ0v) is 13.1. The van der Waals surface area contributed by atoms with Crippen molar-refractivity contribution < 1.29 is 25.4 Å². The third-order valence-electron chi connectivity index (χ3n) is 1.87. The number of ether oxygens (including phenoxy) is 1. The Kier molecular flexibility index (Phi) is 5.67. The van der Waals surface area contributed by atoms with Gasteiger partial charge in [-0.05, 0) is 0 Å². The summed E-state index contributed by atoms with van der Waals surface area (Å²) in [4.78, 5) is 32.3. The Morgan fingerprint density at radius 1 is 1.20 bits per heavy atom. The van der Waals surface area contributed by atoms with E-state index in [1.807, 2.05) is 0 Å². The van der Waals surface area contributed by atoms with E-state index in [0.29, 0.717) is 0 Å². The number of benzene rings is 1. The van der Waals surface area contributed by atoms with Gasteiger partial charge in [0.2, 0.25) is 0 Å². The summed E-state index contributed by atoms with van der Waals surface area (Å²) in [6, 6.07) is 3.80. The number of carbonyl (C=O) groups is 2. The van der Waals surface area contributed by atoms with E-state index < -0.39 is 37.5 Å². The molecule has 0 heterocycles. The van der Waals surface area contributed by atoms with Crippen molar-refractivity contribution >= 4 is 38.3 Å². The Labute approximate surface area is 122 Å². The van der Waals surface area contributed by atoms with Gasteiger partial charge in [0.1, 0.15) is 0 Å². The van der Waals surface area contributed by atoms with Crippen LogP contribution in [-0.2, 0) is 15.7 Å². The Bertz CT molecular complexity index is 530. The van der Waals surface area contributed by atoms with Crippen LogP contribution in [0.3, 0.4) is 0 Å². The Morgan fingerprint density at radius 3 is 2.15 bits per heavy atom. The van der Waals surface area contributed by atoms with Gasteiger partial charge in [-0.25, -0.2) is 0 Å². The van der Waals surface area contributed by atoms with E-state index in [9.17, 15) is 19.7 Å². The molecule has 0 saturated heterocycles. The molecule has 0 aromatic heterocycles. The van der Waals surface area contributed by atoms with Gasteiger partial charge in [0.05, 0.1) is 0 Å². The molecule has 0 amide bonds. The topological polar surface area (TPSA) is 105 Å². The van der Waals surface area contributed by atoms with E-state index >= 15 is 0 Å². The predicted octanol–water partition coefficient (Wildman–Crippen LogP) is 2.24. The third-order valence-corrected chi connectivity index (χ3v) is 5.70. The quantitative estimate of drug-likeness (QED) is 0.426. The van der Waals surface area contributed by atoms with Crippen LogP contribution in [0.1, 0.15) is 13.8 Å². The first-order chi connectivity index (χ1) is 9.35. The number of hydrogen-bond acceptors (Lipinski definition) is 7. The maximum atomic E-state index is 11.1. The molecule has 0 radical (unpaired) electrons. The van der Waals surface area contributed by atoms with E-state index in [4.69, 9.17) is 10.9 Å². The summed E-state index contributed by atoms with van der Waals surface area (Å²) < 4.78 is 15.3. The monoisotopic (exact) mass is 397 g/mol. The van der Waals surface area contributed by atoms with Crippen molar-refractivity contribution in [2.45, 2.75) is 13.8 Å². The number of nitro groups is 1. The number of carbonyl (C=O) groups excluding carboxylic acids is 2. The van der Waals surface area contributed by atoms with E-state index in [1.54, 1.807) is 0 Å². The van der Waals surface area contributed by atoms with Crippen molar-refractivity contribution in [3.63, 3.8) is 0 Å². The fourth-order valence-electron chi connectivity index (χ4n) is 1.19. The van der Waals surface area contributed by atoms with Gasteiger partial charge in [-0.3, -0.25) is 0 Å². The van der Waals surface area contributed by atoms with Gasteiger partial charge in [-0.15, -0.1) is 0 Å². The molecule has 20 heavy (non-hydrogen) atoms. The molecule has 0 fully saturated rings. The van der Waals surface area contributed by atoms with Gasteiger partial charge in [-0.2, -0.15) is 0 Å². The van der Waals surface area contributed by atoms with Crippen molar-refractivity contribution in [3.8, 4) is 5.75 Å². The van der Waals surface area contributed by atoms with Gasteiger partial charge >= 0.3 is 122 Å². The number of methoxy groups -OCH3 is 1. The molecule has 1 rings (SSSR count). The number of halogens is 1. The first-order valence-corrected chi connectivity index (χ1v) is 8.09. The van der Waals surface area contributed by atoms with E-state index in [0.717, 1.165) is 13.8 Å². The zero-order valence-electron chi connectivity index (χ0n) is 10.9. The average Bonchev–Trinajstić information content (AvgIpc) is 2.36. The maximum absolute atomic E-state index is 11.1. The SMILES string of the molecule is COc1ccc([N+](=O)[O-])cc1I(OC(C)=O)OC(C)=O. The van der Waals surface area contributed by atoms with Crippen molar-refractivity contribution in [2.75, 3.05) is 7.11 Å². The van der Waals surface area contributed by atoms with Gasteiger partial charge in [0.25, 0.3) is 0 Å². The normalized spacial score (nSPS) is 10.4. The van der Waals surface area contributed by atoms with Crippen LogP contribution in [0.4, 0.5) is 5.69 Å². The summed E-state index contributed by atoms with van der Waals surface area (Å²) in [5, 5.41) is 10.8. The first-order valence-electron chi connectivity index (χ1n) is 5.25. The summed E-state index contributed by atoms with van der Waals surface area (Å²) in [5.74, 6) is -1.00. The summed E-state index contributed by atoms with van der Waals surface area (Å²) in [6.45, 7) is 2.33. The summed E-state index contributed by atoms with van der Waals surface area (Å²) in [5.41, 5.74) is -0.206. The van der Waals surface area contributed by atoms with Crippen molar-refractivity contribution in [2.24, 2.45) is 0 Å². The molecule has 0 aliphatic rings. The van der Waals surface area contributed by atoms with Crippen LogP contribution in [0.25, 0.3) is 0 Å². The molecule has 0 bridgehead atoms. The van der Waals surface area contributed by atoms with E-state index in [2.05, 4.69) is 0 Å². The molecule has 0 spiro atoms. The Morgan fingerprint density at radius 2 is 1.75 bits per heavy atom. The van der Waals surface area contributed by atoms with E-state index in [1.165, 1.54) is 25.3 Å². The number of hydrogen-bond donors (Lipinski definition) is 0. The number of rotatable bonds is 5. The molecule has 8 nitrogen and oxygen atoms in total. The van der Waals surface area contributed by atoms with Crippen LogP contribution >= 0.6 is 20.6 Å². The molecular weight excluding hydrogens is 385 g/mol. The molecule has 0 N–H and O–H groups in total. The standard InChI is InChI=1S/C11H12INO7/c1-7(14)19-12(20-8(2)15)10-6-9(13(16)17)4-5-11(10)18-3/h4-6H,1-3H3. The van der Waals surface area contributed by atoms with Crippen LogP contribution in [0, 0.1) is 13.7 Å². The Hall–Kier alpha value is -1.91. The van der Waals surface area contributed by atoms with Crippen LogP contribution in [0.2, 0.25) is 0 Å². The molecule has 0 aliphatic heterocycles. The number of nitro benzene ring substituents is 1. The molecule has 1 aromatic rings. The molecular formula is C11H12INO7. The zero-order chi connectivity index (χ0) is 15.3. The van der Waals surface area contributed by atoms with Gasteiger partial charge in [-0.1, -0.05) is 0 Å². The molecule has 0 aliphatic carbocycles. The van der Waals surface area contributed by atoms with Gasteiger partial charge < -0.3 is 0 Å². The van der Waals surface area contributed by atoms with E-state index in [-0.39, 0.29) is 15.0 Å². The first kappa shape index (κ1) is 16.1. The number of non-ortho nitro benzene ring substituents is 1. The summed E-state index contributed by atoms with van der Waals surface area (Å²) in [7, 11) is 1.36. The minimum atomic E-state index is -3.16. The summed E-state index contributed by atoms with van der Waals surface area (Å²) in [6.07, 6.45) is 0. The average molecular weight is 397 g/mol. The van der Waals surface area contributed by atoms with Gasteiger partial charge in [0.15, 0.2) is 0 Å². The van der Waals surface area contributed by atoms with Crippen LogP contribution < -0.4 is 4.74 Å². The fourth-order valence-corrected chi connectivity index (χ4v) is 4.28.